The smallest absolute Gasteiger partial charge is 0.417 e. The molecular formula is C41H52F3N7O6. The first kappa shape index (κ1) is 42.6. The number of halogens is 3. The summed E-state index contributed by atoms with van der Waals surface area (Å²) < 4.78 is 46.3. The minimum Gasteiger partial charge on any atom is -0.444 e. The topological polar surface area (TPSA) is 186 Å². The average Bonchev–Trinajstić information content (AvgIpc) is 3.55. The van der Waals surface area contributed by atoms with E-state index in [1.54, 1.807) is 20.8 Å². The summed E-state index contributed by atoms with van der Waals surface area (Å²) in [6.07, 6.45) is 3.33. The SMILES string of the molecule is CC(C)(C)OC(=O)NCCCCC(NC(=O)C(CC1CCCCC1)NC(=O)NCCc1c[nH]c2ccccc12)C(=O)Nc1ccc2c(C(F)(F)F)cc(=O)[nH]c2c1. The van der Waals surface area contributed by atoms with E-state index in [4.69, 9.17) is 4.74 Å². The molecule has 2 aromatic carbocycles. The second-order valence-corrected chi connectivity index (χ2v) is 15.6. The fourth-order valence-corrected chi connectivity index (χ4v) is 7.17. The summed E-state index contributed by atoms with van der Waals surface area (Å²) in [5.41, 5.74) is -0.752. The van der Waals surface area contributed by atoms with Gasteiger partial charge in [-0.1, -0.05) is 56.4 Å². The molecule has 0 radical (unpaired) electrons. The molecule has 2 heterocycles. The van der Waals surface area contributed by atoms with Gasteiger partial charge < -0.3 is 41.3 Å². The maximum absolute atomic E-state index is 14.0. The van der Waals surface area contributed by atoms with Gasteiger partial charge in [0.2, 0.25) is 17.4 Å². The molecule has 5 rings (SSSR count). The highest BCUT2D eigenvalue weighted by atomic mass is 19.4. The van der Waals surface area contributed by atoms with Gasteiger partial charge in [0.15, 0.2) is 0 Å². The molecule has 2 unspecified atom stereocenters. The van der Waals surface area contributed by atoms with E-state index in [0.29, 0.717) is 38.3 Å². The van der Waals surface area contributed by atoms with E-state index in [1.165, 1.54) is 12.1 Å². The van der Waals surface area contributed by atoms with Crippen LogP contribution in [-0.2, 0) is 26.9 Å². The van der Waals surface area contributed by atoms with Crippen LogP contribution in [0.4, 0.5) is 28.4 Å². The van der Waals surface area contributed by atoms with Crippen molar-refractivity contribution in [1.29, 1.82) is 0 Å². The number of urea groups is 1. The lowest BCUT2D eigenvalue weighted by atomic mass is 9.84. The van der Waals surface area contributed by atoms with E-state index in [9.17, 15) is 37.1 Å². The number of alkyl halides is 3. The van der Waals surface area contributed by atoms with Crippen LogP contribution in [0.3, 0.4) is 0 Å². The van der Waals surface area contributed by atoms with Crippen LogP contribution in [0.25, 0.3) is 21.8 Å². The molecule has 308 valence electrons. The number of fused-ring (bicyclic) bond motifs is 2. The molecule has 2 aromatic heterocycles. The van der Waals surface area contributed by atoms with Crippen molar-refractivity contribution in [3.8, 4) is 0 Å². The van der Waals surface area contributed by atoms with E-state index in [-0.39, 0.29) is 35.5 Å². The van der Waals surface area contributed by atoms with Gasteiger partial charge >= 0.3 is 18.3 Å². The third-order valence-corrected chi connectivity index (χ3v) is 9.91. The van der Waals surface area contributed by atoms with Crippen molar-refractivity contribution in [3.05, 3.63) is 76.2 Å². The number of nitrogens with one attached hydrogen (secondary N) is 7. The zero-order valence-corrected chi connectivity index (χ0v) is 32.5. The van der Waals surface area contributed by atoms with Gasteiger partial charge in [-0.3, -0.25) is 14.4 Å². The fourth-order valence-electron chi connectivity index (χ4n) is 7.17. The molecule has 0 bridgehead atoms. The lowest BCUT2D eigenvalue weighted by molar-refractivity contribution is -0.136. The van der Waals surface area contributed by atoms with Gasteiger partial charge in [0, 0.05) is 47.3 Å². The Morgan fingerprint density at radius 3 is 2.33 bits per heavy atom. The Morgan fingerprint density at radius 1 is 0.842 bits per heavy atom. The van der Waals surface area contributed by atoms with Crippen molar-refractivity contribution in [1.82, 2.24) is 31.2 Å². The minimum atomic E-state index is -4.78. The quantitative estimate of drug-likeness (QED) is 0.0634. The highest BCUT2D eigenvalue weighted by Gasteiger charge is 2.34. The summed E-state index contributed by atoms with van der Waals surface area (Å²) in [7, 11) is 0. The Hall–Kier alpha value is -5.54. The first-order valence-corrected chi connectivity index (χ1v) is 19.5. The number of carbonyl (C=O) groups excluding carboxylic acids is 4. The van der Waals surface area contributed by atoms with E-state index < -0.39 is 58.9 Å². The molecule has 1 aliphatic rings. The predicted molar refractivity (Wildman–Crippen MR) is 212 cm³/mol. The zero-order chi connectivity index (χ0) is 41.2. The van der Waals surface area contributed by atoms with Gasteiger partial charge in [-0.15, -0.1) is 0 Å². The molecule has 16 heteroatoms. The number of anilines is 1. The van der Waals surface area contributed by atoms with Crippen molar-refractivity contribution in [2.75, 3.05) is 18.4 Å². The van der Waals surface area contributed by atoms with Crippen LogP contribution in [0.5, 0.6) is 0 Å². The average molecular weight is 796 g/mol. The molecule has 57 heavy (non-hydrogen) atoms. The summed E-state index contributed by atoms with van der Waals surface area (Å²) >= 11 is 0. The van der Waals surface area contributed by atoms with Crippen LogP contribution in [0, 0.1) is 5.92 Å². The number of unbranched alkanes of at least 4 members (excludes halogenated alkanes) is 1. The Balaban J connectivity index is 1.28. The number of hydrogen-bond donors (Lipinski definition) is 7. The standard InChI is InChI=1S/C41H52F3N7O6/c1-40(2,3)57-39(56)46-19-10-9-15-32(36(53)48-27-16-17-29-30(41(42,43)44)23-35(52)49-33(29)22-27)50-37(54)34(21-25-11-5-4-6-12-25)51-38(55)45-20-18-26-24-47-31-14-8-7-13-28(26)31/h7-8,13-14,16-17,22-25,32,34,47H,4-6,9-12,15,18-21H2,1-3H3,(H,46,56)(H,48,53)(H,49,52)(H,50,54)(H2,45,51,55). The van der Waals surface area contributed by atoms with E-state index in [1.807, 2.05) is 30.5 Å². The van der Waals surface area contributed by atoms with Gasteiger partial charge in [0.05, 0.1) is 11.1 Å². The maximum atomic E-state index is 14.0. The van der Waals surface area contributed by atoms with Crippen LogP contribution < -0.4 is 32.1 Å². The third kappa shape index (κ3) is 12.7. The van der Waals surface area contributed by atoms with Crippen molar-refractivity contribution < 1.29 is 37.1 Å². The molecule has 1 fully saturated rings. The largest absolute Gasteiger partial charge is 0.444 e. The number of carbonyl (C=O) groups is 4. The molecule has 4 aromatic rings. The minimum absolute atomic E-state index is 0.0970. The molecule has 2 atom stereocenters. The van der Waals surface area contributed by atoms with Crippen molar-refractivity contribution >= 4 is 51.4 Å². The Kier molecular flexibility index (Phi) is 14.3. The van der Waals surface area contributed by atoms with Crippen molar-refractivity contribution in [3.63, 3.8) is 0 Å². The van der Waals surface area contributed by atoms with Crippen LogP contribution in [0.1, 0.15) is 89.7 Å². The molecule has 1 aliphatic carbocycles. The van der Waals surface area contributed by atoms with Gasteiger partial charge in [0.25, 0.3) is 0 Å². The number of rotatable bonds is 15. The first-order chi connectivity index (χ1) is 27.1. The number of pyridine rings is 1. The number of para-hydroxylation sites is 1. The zero-order valence-electron chi connectivity index (χ0n) is 32.5. The van der Waals surface area contributed by atoms with Gasteiger partial charge in [-0.2, -0.15) is 13.2 Å². The number of H-pyrrole nitrogens is 2. The summed E-state index contributed by atoms with van der Waals surface area (Å²) in [4.78, 5) is 70.9. The van der Waals surface area contributed by atoms with Crippen LogP contribution in [-0.4, -0.2) is 64.7 Å². The van der Waals surface area contributed by atoms with Crippen molar-refractivity contribution in [2.24, 2.45) is 5.92 Å². The number of amides is 5. The van der Waals surface area contributed by atoms with Gasteiger partial charge in [-0.05, 0) is 82.6 Å². The van der Waals surface area contributed by atoms with Crippen LogP contribution in [0.15, 0.2) is 59.5 Å². The number of benzene rings is 2. The van der Waals surface area contributed by atoms with E-state index >= 15 is 0 Å². The molecule has 0 saturated heterocycles. The van der Waals surface area contributed by atoms with E-state index in [0.717, 1.165) is 54.6 Å². The van der Waals surface area contributed by atoms with E-state index in [2.05, 4.69) is 36.6 Å². The Bertz CT molecular complexity index is 2080. The highest BCUT2D eigenvalue weighted by molar-refractivity contribution is 5.99. The molecule has 13 nitrogen and oxygen atoms in total. The van der Waals surface area contributed by atoms with Crippen LogP contribution >= 0.6 is 0 Å². The Labute approximate surface area is 328 Å². The number of ether oxygens (including phenoxy) is 1. The second-order valence-electron chi connectivity index (χ2n) is 15.6. The second kappa shape index (κ2) is 19.1. The molecule has 0 aliphatic heterocycles. The monoisotopic (exact) mass is 795 g/mol. The van der Waals surface area contributed by atoms with Gasteiger partial charge in [0.1, 0.15) is 17.7 Å². The summed E-state index contributed by atoms with van der Waals surface area (Å²) in [5.74, 6) is -1.03. The lowest BCUT2D eigenvalue weighted by Crippen LogP contribution is -2.55. The highest BCUT2D eigenvalue weighted by Crippen LogP contribution is 2.34. The summed E-state index contributed by atoms with van der Waals surface area (Å²) in [5, 5.41) is 14.7. The number of aromatic amines is 2. The van der Waals surface area contributed by atoms with Gasteiger partial charge in [-0.25, -0.2) is 9.59 Å². The molecule has 1 saturated carbocycles. The van der Waals surface area contributed by atoms with Crippen molar-refractivity contribution in [2.45, 2.75) is 109 Å². The fraction of sp³-hybridized carbons (Fsp3) is 0.488. The molecule has 7 N–H and O–H groups in total. The molecular weight excluding hydrogens is 743 g/mol. The number of alkyl carbamates (subject to hydrolysis) is 1. The predicted octanol–water partition coefficient (Wildman–Crippen LogP) is 7.03. The third-order valence-electron chi connectivity index (χ3n) is 9.91. The number of hydrogen-bond acceptors (Lipinski definition) is 6. The summed E-state index contributed by atoms with van der Waals surface area (Å²) in [6.45, 7) is 5.78. The summed E-state index contributed by atoms with van der Waals surface area (Å²) in [6, 6.07) is 9.38. The number of aromatic nitrogens is 2. The lowest BCUT2D eigenvalue weighted by Gasteiger charge is -2.28. The molecule has 0 spiro atoms. The first-order valence-electron chi connectivity index (χ1n) is 19.5. The Morgan fingerprint density at radius 2 is 1.60 bits per heavy atom. The molecule has 5 amide bonds. The van der Waals surface area contributed by atoms with Crippen LogP contribution in [0.2, 0.25) is 0 Å². The normalized spacial score (nSPS) is 14.8. The maximum Gasteiger partial charge on any atom is 0.417 e.